The van der Waals surface area contributed by atoms with Gasteiger partial charge >= 0.3 is 11.9 Å². The molecule has 7 heteroatoms. The summed E-state index contributed by atoms with van der Waals surface area (Å²) >= 11 is 2.65. The highest BCUT2D eigenvalue weighted by Crippen LogP contribution is 2.27. The Morgan fingerprint density at radius 1 is 1.35 bits per heavy atom. The van der Waals surface area contributed by atoms with Gasteiger partial charge in [0.1, 0.15) is 4.38 Å². The molecule has 0 atom stereocenters. The Morgan fingerprint density at radius 2 is 1.94 bits per heavy atom. The lowest BCUT2D eigenvalue weighted by molar-refractivity contribution is -0.152. The van der Waals surface area contributed by atoms with Gasteiger partial charge in [0.25, 0.3) is 0 Å². The van der Waals surface area contributed by atoms with Crippen LogP contribution in [-0.2, 0) is 19.1 Å². The SMILES string of the molecule is CCOC(=O)C(SC1=NCCS1)C(=O)OCC. The van der Waals surface area contributed by atoms with Crippen LogP contribution in [0.1, 0.15) is 13.8 Å². The van der Waals surface area contributed by atoms with E-state index in [0.717, 1.165) is 28.4 Å². The van der Waals surface area contributed by atoms with Gasteiger partial charge in [-0.25, -0.2) is 0 Å². The molecule has 0 aromatic rings. The molecule has 0 spiro atoms. The Labute approximate surface area is 109 Å². The van der Waals surface area contributed by atoms with Crippen molar-refractivity contribution in [1.82, 2.24) is 0 Å². The first-order valence-electron chi connectivity index (χ1n) is 5.36. The predicted octanol–water partition coefficient (Wildman–Crippen LogP) is 1.32. The molecule has 1 rings (SSSR count). The summed E-state index contributed by atoms with van der Waals surface area (Å²) in [4.78, 5) is 27.5. The highest BCUT2D eigenvalue weighted by Gasteiger charge is 2.32. The number of ether oxygens (including phenoxy) is 2. The molecule has 0 aromatic carbocycles. The van der Waals surface area contributed by atoms with E-state index in [1.54, 1.807) is 13.8 Å². The Bertz CT molecular complexity index is 301. The van der Waals surface area contributed by atoms with Crippen LogP contribution in [-0.4, -0.2) is 47.1 Å². The van der Waals surface area contributed by atoms with Gasteiger partial charge in [-0.05, 0) is 13.8 Å². The van der Waals surface area contributed by atoms with Crippen LogP contribution in [0.15, 0.2) is 4.99 Å². The second-order valence-corrected chi connectivity index (χ2v) is 5.43. The third-order valence-electron chi connectivity index (χ3n) is 1.78. The molecule has 0 N–H and O–H groups in total. The number of carbonyl (C=O) groups is 2. The number of thioether (sulfide) groups is 2. The Hall–Kier alpha value is -0.690. The number of hydrogen-bond acceptors (Lipinski definition) is 7. The number of nitrogens with zero attached hydrogens (tertiary/aromatic N) is 1. The summed E-state index contributed by atoms with van der Waals surface area (Å²) in [5.41, 5.74) is 0. The second kappa shape index (κ2) is 7.60. The van der Waals surface area contributed by atoms with Crippen molar-refractivity contribution >= 4 is 39.8 Å². The fraction of sp³-hybridized carbons (Fsp3) is 0.700. The molecule has 0 radical (unpaired) electrons. The van der Waals surface area contributed by atoms with Crippen LogP contribution >= 0.6 is 23.5 Å². The van der Waals surface area contributed by atoms with E-state index >= 15 is 0 Å². The minimum Gasteiger partial charge on any atom is -0.465 e. The zero-order valence-electron chi connectivity index (χ0n) is 9.80. The lowest BCUT2D eigenvalue weighted by Gasteiger charge is -2.13. The molecule has 0 fully saturated rings. The first-order chi connectivity index (χ1) is 8.19. The molecule has 1 aliphatic heterocycles. The van der Waals surface area contributed by atoms with Crippen LogP contribution in [0.4, 0.5) is 0 Å². The van der Waals surface area contributed by atoms with Gasteiger partial charge < -0.3 is 9.47 Å². The number of rotatable bonds is 5. The van der Waals surface area contributed by atoms with Crippen LogP contribution in [0.3, 0.4) is 0 Å². The molecule has 17 heavy (non-hydrogen) atoms. The van der Waals surface area contributed by atoms with Crippen LogP contribution in [0.2, 0.25) is 0 Å². The van der Waals surface area contributed by atoms with E-state index in [1.807, 2.05) is 0 Å². The highest BCUT2D eigenvalue weighted by atomic mass is 32.2. The van der Waals surface area contributed by atoms with E-state index in [9.17, 15) is 9.59 Å². The van der Waals surface area contributed by atoms with Crippen LogP contribution in [0.25, 0.3) is 0 Å². The lowest BCUT2D eigenvalue weighted by Crippen LogP contribution is -2.31. The smallest absolute Gasteiger partial charge is 0.331 e. The van der Waals surface area contributed by atoms with Crippen molar-refractivity contribution in [2.24, 2.45) is 4.99 Å². The van der Waals surface area contributed by atoms with Crippen molar-refractivity contribution in [3.8, 4) is 0 Å². The van der Waals surface area contributed by atoms with E-state index in [1.165, 1.54) is 11.8 Å². The number of esters is 2. The van der Waals surface area contributed by atoms with Gasteiger partial charge in [-0.15, -0.1) is 0 Å². The van der Waals surface area contributed by atoms with Crippen LogP contribution in [0, 0.1) is 0 Å². The third kappa shape index (κ3) is 4.59. The minimum atomic E-state index is -0.959. The summed E-state index contributed by atoms with van der Waals surface area (Å²) in [6, 6.07) is 0. The Kier molecular flexibility index (Phi) is 6.43. The fourth-order valence-corrected chi connectivity index (χ4v) is 3.16. The van der Waals surface area contributed by atoms with Gasteiger partial charge in [-0.2, -0.15) is 0 Å². The maximum absolute atomic E-state index is 11.6. The van der Waals surface area contributed by atoms with E-state index in [0.29, 0.717) is 0 Å². The van der Waals surface area contributed by atoms with Crippen molar-refractivity contribution in [3.05, 3.63) is 0 Å². The van der Waals surface area contributed by atoms with Crippen molar-refractivity contribution in [3.63, 3.8) is 0 Å². The molecule has 5 nitrogen and oxygen atoms in total. The quantitative estimate of drug-likeness (QED) is 0.558. The molecular weight excluding hydrogens is 262 g/mol. The summed E-state index contributed by atoms with van der Waals surface area (Å²) in [7, 11) is 0. The van der Waals surface area contributed by atoms with Crippen molar-refractivity contribution < 1.29 is 19.1 Å². The topological polar surface area (TPSA) is 65.0 Å². The first kappa shape index (κ1) is 14.4. The van der Waals surface area contributed by atoms with E-state index in [2.05, 4.69) is 4.99 Å². The fourth-order valence-electron chi connectivity index (χ4n) is 1.12. The van der Waals surface area contributed by atoms with Gasteiger partial charge in [-0.3, -0.25) is 14.6 Å². The maximum Gasteiger partial charge on any atom is 0.331 e. The molecule has 0 saturated carbocycles. The summed E-state index contributed by atoms with van der Waals surface area (Å²) in [6.07, 6.45) is 0. The minimum absolute atomic E-state index is 0.245. The zero-order valence-corrected chi connectivity index (χ0v) is 11.4. The molecule has 0 unspecified atom stereocenters. The van der Waals surface area contributed by atoms with Crippen LogP contribution in [0.5, 0.6) is 0 Å². The number of aliphatic imine (C=N–C) groups is 1. The standard InChI is InChI=1S/C10H15NO4S2/c1-3-14-8(12)7(9(13)15-4-2)17-10-11-5-6-16-10/h7H,3-6H2,1-2H3. The number of carbonyl (C=O) groups excluding carboxylic acids is 2. The predicted molar refractivity (Wildman–Crippen MR) is 69.4 cm³/mol. The molecule has 0 aliphatic carbocycles. The lowest BCUT2D eigenvalue weighted by atomic mass is 10.4. The average Bonchev–Trinajstić information content (AvgIpc) is 2.79. The maximum atomic E-state index is 11.6. The summed E-state index contributed by atoms with van der Waals surface area (Å²) in [5, 5.41) is -0.959. The van der Waals surface area contributed by atoms with Gasteiger partial charge in [-0.1, -0.05) is 23.5 Å². The first-order valence-corrected chi connectivity index (χ1v) is 7.22. The third-order valence-corrected chi connectivity index (χ3v) is 4.13. The van der Waals surface area contributed by atoms with Crippen molar-refractivity contribution in [1.29, 1.82) is 0 Å². The molecule has 1 heterocycles. The van der Waals surface area contributed by atoms with E-state index < -0.39 is 17.2 Å². The normalized spacial score (nSPS) is 14.6. The molecule has 96 valence electrons. The van der Waals surface area contributed by atoms with Crippen molar-refractivity contribution in [2.45, 2.75) is 19.1 Å². The summed E-state index contributed by atoms with van der Waals surface area (Å²) < 4.78 is 10.5. The van der Waals surface area contributed by atoms with Gasteiger partial charge in [0, 0.05) is 5.75 Å². The molecule has 0 bridgehead atoms. The zero-order chi connectivity index (χ0) is 12.7. The van der Waals surface area contributed by atoms with Gasteiger partial charge in [0.15, 0.2) is 0 Å². The summed E-state index contributed by atoms with van der Waals surface area (Å²) in [5.74, 6) is -0.238. The van der Waals surface area contributed by atoms with Gasteiger partial charge in [0.2, 0.25) is 5.25 Å². The largest absolute Gasteiger partial charge is 0.465 e. The molecule has 1 aliphatic rings. The molecular formula is C10H15NO4S2. The molecule has 0 aromatic heterocycles. The average molecular weight is 277 g/mol. The highest BCUT2D eigenvalue weighted by molar-refractivity contribution is 8.39. The summed E-state index contributed by atoms with van der Waals surface area (Å²) in [6.45, 7) is 4.62. The van der Waals surface area contributed by atoms with E-state index in [-0.39, 0.29) is 13.2 Å². The molecule has 0 saturated heterocycles. The van der Waals surface area contributed by atoms with Crippen molar-refractivity contribution in [2.75, 3.05) is 25.5 Å². The van der Waals surface area contributed by atoms with Crippen LogP contribution < -0.4 is 0 Å². The Balaban J connectivity index is 2.63. The molecule has 0 amide bonds. The monoisotopic (exact) mass is 277 g/mol. The van der Waals surface area contributed by atoms with Gasteiger partial charge in [0.05, 0.1) is 19.8 Å². The second-order valence-electron chi connectivity index (χ2n) is 3.00. The number of hydrogen-bond donors (Lipinski definition) is 0. The van der Waals surface area contributed by atoms with E-state index in [4.69, 9.17) is 9.47 Å². The Morgan fingerprint density at radius 3 is 2.35 bits per heavy atom.